The van der Waals surface area contributed by atoms with E-state index in [-0.39, 0.29) is 5.91 Å². The van der Waals surface area contributed by atoms with Crippen molar-refractivity contribution >= 4 is 34.8 Å². The maximum Gasteiger partial charge on any atom is 0.222 e. The SMILES string of the molecule is CO/N=C(/CCC(=O)N1CCCCC1)c1ccc(Cl)c(Cl)c1. The number of carbonyl (C=O) groups excluding carboxylic acids is 1. The van der Waals surface area contributed by atoms with Crippen LogP contribution in [0.1, 0.15) is 37.7 Å². The Hall–Kier alpha value is -1.26. The lowest BCUT2D eigenvalue weighted by Crippen LogP contribution is -2.35. The van der Waals surface area contributed by atoms with Crippen molar-refractivity contribution in [1.29, 1.82) is 0 Å². The van der Waals surface area contributed by atoms with Crippen molar-refractivity contribution in [3.05, 3.63) is 33.8 Å². The molecule has 0 radical (unpaired) electrons. The summed E-state index contributed by atoms with van der Waals surface area (Å²) in [5.74, 6) is 0.170. The van der Waals surface area contributed by atoms with Crippen LogP contribution in [0.15, 0.2) is 23.4 Å². The van der Waals surface area contributed by atoms with Crippen LogP contribution in [0.2, 0.25) is 10.0 Å². The molecule has 22 heavy (non-hydrogen) atoms. The first kappa shape index (κ1) is 17.1. The van der Waals surface area contributed by atoms with Crippen molar-refractivity contribution in [2.24, 2.45) is 5.16 Å². The number of likely N-dealkylation sites (tertiary alicyclic amines) is 1. The summed E-state index contributed by atoms with van der Waals surface area (Å²) < 4.78 is 0. The van der Waals surface area contributed by atoms with Crippen LogP contribution in [-0.4, -0.2) is 36.7 Å². The minimum Gasteiger partial charge on any atom is -0.399 e. The van der Waals surface area contributed by atoms with Gasteiger partial charge in [0.1, 0.15) is 7.11 Å². The van der Waals surface area contributed by atoms with E-state index < -0.39 is 0 Å². The molecule has 1 aromatic carbocycles. The van der Waals surface area contributed by atoms with Crippen LogP contribution < -0.4 is 0 Å². The van der Waals surface area contributed by atoms with E-state index in [1.54, 1.807) is 12.1 Å². The zero-order valence-electron chi connectivity index (χ0n) is 12.6. The molecule has 0 saturated carbocycles. The first-order chi connectivity index (χ1) is 10.6. The van der Waals surface area contributed by atoms with Gasteiger partial charge >= 0.3 is 0 Å². The molecule has 1 aromatic rings. The molecule has 1 saturated heterocycles. The van der Waals surface area contributed by atoms with Crippen LogP contribution in [0.4, 0.5) is 0 Å². The van der Waals surface area contributed by atoms with Gasteiger partial charge in [0.05, 0.1) is 15.8 Å². The van der Waals surface area contributed by atoms with Gasteiger partial charge in [-0.25, -0.2) is 0 Å². The lowest BCUT2D eigenvalue weighted by Gasteiger charge is -2.26. The summed E-state index contributed by atoms with van der Waals surface area (Å²) in [6.07, 6.45) is 4.34. The molecule has 0 aliphatic carbocycles. The van der Waals surface area contributed by atoms with Crippen molar-refractivity contribution in [3.8, 4) is 0 Å². The quantitative estimate of drug-likeness (QED) is 0.596. The first-order valence-electron chi connectivity index (χ1n) is 7.45. The van der Waals surface area contributed by atoms with Crippen LogP contribution >= 0.6 is 23.2 Å². The van der Waals surface area contributed by atoms with Gasteiger partial charge in [-0.1, -0.05) is 34.4 Å². The molecule has 1 aliphatic heterocycles. The molecular formula is C16H20Cl2N2O2. The Morgan fingerprint density at radius 2 is 1.91 bits per heavy atom. The summed E-state index contributed by atoms with van der Waals surface area (Å²) in [7, 11) is 1.49. The smallest absolute Gasteiger partial charge is 0.222 e. The molecule has 2 rings (SSSR count). The van der Waals surface area contributed by atoms with Crippen molar-refractivity contribution in [2.45, 2.75) is 32.1 Å². The molecule has 0 N–H and O–H groups in total. The molecule has 0 atom stereocenters. The van der Waals surface area contributed by atoms with E-state index in [0.717, 1.165) is 31.5 Å². The van der Waals surface area contributed by atoms with Gasteiger partial charge in [0.15, 0.2) is 0 Å². The van der Waals surface area contributed by atoms with E-state index in [0.29, 0.717) is 28.6 Å². The summed E-state index contributed by atoms with van der Waals surface area (Å²) in [5, 5.41) is 4.98. The number of benzene rings is 1. The number of rotatable bonds is 5. The van der Waals surface area contributed by atoms with Crippen molar-refractivity contribution < 1.29 is 9.63 Å². The Balaban J connectivity index is 2.01. The minimum atomic E-state index is 0.170. The van der Waals surface area contributed by atoms with E-state index in [1.807, 2.05) is 11.0 Å². The van der Waals surface area contributed by atoms with Crippen molar-refractivity contribution in [1.82, 2.24) is 4.90 Å². The van der Waals surface area contributed by atoms with Gasteiger partial charge in [0, 0.05) is 31.5 Å². The van der Waals surface area contributed by atoms with Crippen molar-refractivity contribution in [3.63, 3.8) is 0 Å². The highest BCUT2D eigenvalue weighted by Gasteiger charge is 2.17. The van der Waals surface area contributed by atoms with Crippen LogP contribution in [0.5, 0.6) is 0 Å². The average molecular weight is 343 g/mol. The Morgan fingerprint density at radius 1 is 1.18 bits per heavy atom. The van der Waals surface area contributed by atoms with E-state index in [9.17, 15) is 4.79 Å². The van der Waals surface area contributed by atoms with E-state index >= 15 is 0 Å². The van der Waals surface area contributed by atoms with Gasteiger partial charge in [-0.2, -0.15) is 0 Å². The van der Waals surface area contributed by atoms with Crippen LogP contribution in [0.3, 0.4) is 0 Å². The van der Waals surface area contributed by atoms with E-state index in [2.05, 4.69) is 5.16 Å². The Bertz CT molecular complexity index is 555. The van der Waals surface area contributed by atoms with Crippen LogP contribution in [0, 0.1) is 0 Å². The van der Waals surface area contributed by atoms with Crippen molar-refractivity contribution in [2.75, 3.05) is 20.2 Å². The molecule has 0 bridgehead atoms. The number of oxime groups is 1. The first-order valence-corrected chi connectivity index (χ1v) is 8.20. The number of carbonyl (C=O) groups is 1. The van der Waals surface area contributed by atoms with Gasteiger partial charge in [-0.15, -0.1) is 0 Å². The predicted molar refractivity (Wildman–Crippen MR) is 89.7 cm³/mol. The number of piperidine rings is 1. The highest BCUT2D eigenvalue weighted by molar-refractivity contribution is 6.42. The maximum atomic E-state index is 12.2. The normalized spacial score (nSPS) is 15.8. The van der Waals surface area contributed by atoms with Crippen LogP contribution in [-0.2, 0) is 9.63 Å². The fraction of sp³-hybridized carbons (Fsp3) is 0.500. The highest BCUT2D eigenvalue weighted by atomic mass is 35.5. The Morgan fingerprint density at radius 3 is 2.55 bits per heavy atom. The summed E-state index contributed by atoms with van der Waals surface area (Å²) in [4.78, 5) is 19.1. The third-order valence-electron chi connectivity index (χ3n) is 3.74. The molecular weight excluding hydrogens is 323 g/mol. The molecule has 4 nitrogen and oxygen atoms in total. The zero-order valence-corrected chi connectivity index (χ0v) is 14.2. The van der Waals surface area contributed by atoms with Gasteiger partial charge < -0.3 is 9.74 Å². The standard InChI is InChI=1S/C16H20Cl2N2O2/c1-22-19-15(12-5-6-13(17)14(18)11-12)7-8-16(21)20-9-3-2-4-10-20/h5-6,11H,2-4,7-10H2,1H3/b19-15-. The topological polar surface area (TPSA) is 41.9 Å². The molecule has 1 amide bonds. The number of nitrogens with zero attached hydrogens (tertiary/aromatic N) is 2. The molecule has 0 unspecified atom stereocenters. The summed E-state index contributed by atoms with van der Waals surface area (Å²) >= 11 is 12.0. The molecule has 0 spiro atoms. The van der Waals surface area contributed by atoms with Gasteiger partial charge in [0.2, 0.25) is 5.91 Å². The van der Waals surface area contributed by atoms with E-state index in [4.69, 9.17) is 28.0 Å². The highest BCUT2D eigenvalue weighted by Crippen LogP contribution is 2.24. The minimum absolute atomic E-state index is 0.170. The molecule has 1 heterocycles. The monoisotopic (exact) mass is 342 g/mol. The summed E-state index contributed by atoms with van der Waals surface area (Å²) in [6.45, 7) is 1.73. The maximum absolute atomic E-state index is 12.2. The van der Waals surface area contributed by atoms with Crippen LogP contribution in [0.25, 0.3) is 0 Å². The Labute approximate surface area is 141 Å². The fourth-order valence-electron chi connectivity index (χ4n) is 2.56. The molecule has 120 valence electrons. The fourth-order valence-corrected chi connectivity index (χ4v) is 2.85. The Kier molecular flexibility index (Phi) is 6.52. The number of halogens is 2. The number of amides is 1. The zero-order chi connectivity index (χ0) is 15.9. The number of hydrogen-bond donors (Lipinski definition) is 0. The molecule has 1 aliphatic rings. The second-order valence-electron chi connectivity index (χ2n) is 5.29. The largest absolute Gasteiger partial charge is 0.399 e. The van der Waals surface area contributed by atoms with Gasteiger partial charge in [0.25, 0.3) is 0 Å². The van der Waals surface area contributed by atoms with E-state index in [1.165, 1.54) is 13.5 Å². The predicted octanol–water partition coefficient (Wildman–Crippen LogP) is 4.14. The lowest BCUT2D eigenvalue weighted by molar-refractivity contribution is -0.131. The van der Waals surface area contributed by atoms with Gasteiger partial charge in [-0.3, -0.25) is 4.79 Å². The third kappa shape index (κ3) is 4.62. The molecule has 6 heteroatoms. The summed E-state index contributed by atoms with van der Waals surface area (Å²) in [5.41, 5.74) is 1.52. The second-order valence-corrected chi connectivity index (χ2v) is 6.11. The molecule has 0 aromatic heterocycles. The lowest BCUT2D eigenvalue weighted by atomic mass is 10.0. The average Bonchev–Trinajstić information content (AvgIpc) is 2.54. The second kappa shape index (κ2) is 8.39. The molecule has 1 fully saturated rings. The number of hydrogen-bond acceptors (Lipinski definition) is 3. The summed E-state index contributed by atoms with van der Waals surface area (Å²) in [6, 6.07) is 5.29. The third-order valence-corrected chi connectivity index (χ3v) is 4.48. The van der Waals surface area contributed by atoms with Gasteiger partial charge in [-0.05, 0) is 31.4 Å².